The molecule has 0 unspecified atom stereocenters. The lowest BCUT2D eigenvalue weighted by molar-refractivity contribution is -0.000865. The molecular weight excluding hydrogens is 344 g/mol. The summed E-state index contributed by atoms with van der Waals surface area (Å²) in [6, 6.07) is 2.11. The minimum atomic E-state index is -0.277. The Kier molecular flexibility index (Phi) is 4.12. The first-order valence-electron chi connectivity index (χ1n) is 10.00. The predicted octanol–water partition coefficient (Wildman–Crippen LogP) is 0.740. The molecule has 2 aliphatic heterocycles. The van der Waals surface area contributed by atoms with Crippen molar-refractivity contribution in [3.8, 4) is 0 Å². The SMILES string of the molecule is Cc1ccn2c(C(=O)N3C[C@H]4C[C@@H](N5CCCC5)[C@H](O)C[C@H]4C3)nnc2n1. The van der Waals surface area contributed by atoms with Gasteiger partial charge in [0, 0.05) is 31.0 Å². The summed E-state index contributed by atoms with van der Waals surface area (Å²) in [7, 11) is 0. The molecule has 0 bridgehead atoms. The molecule has 2 saturated heterocycles. The van der Waals surface area contributed by atoms with Gasteiger partial charge in [0.1, 0.15) is 0 Å². The zero-order valence-corrected chi connectivity index (χ0v) is 15.7. The second kappa shape index (κ2) is 6.53. The number of aryl methyl sites for hydroxylation is 1. The number of nitrogens with zero attached hydrogens (tertiary/aromatic N) is 6. The van der Waals surface area contributed by atoms with E-state index in [1.165, 1.54) is 12.8 Å². The maximum Gasteiger partial charge on any atom is 0.292 e. The van der Waals surface area contributed by atoms with E-state index in [-0.39, 0.29) is 18.1 Å². The van der Waals surface area contributed by atoms with Gasteiger partial charge < -0.3 is 10.0 Å². The molecule has 0 spiro atoms. The van der Waals surface area contributed by atoms with E-state index in [1.54, 1.807) is 10.6 Å². The molecule has 1 amide bonds. The number of hydrogen-bond acceptors (Lipinski definition) is 6. The minimum absolute atomic E-state index is 0.0882. The van der Waals surface area contributed by atoms with Crippen molar-refractivity contribution in [2.75, 3.05) is 26.2 Å². The quantitative estimate of drug-likeness (QED) is 0.839. The highest BCUT2D eigenvalue weighted by molar-refractivity contribution is 5.91. The van der Waals surface area contributed by atoms with Gasteiger partial charge in [0.05, 0.1) is 6.10 Å². The second-order valence-corrected chi connectivity index (χ2v) is 8.34. The zero-order valence-electron chi connectivity index (χ0n) is 15.7. The number of rotatable bonds is 2. The highest BCUT2D eigenvalue weighted by Gasteiger charge is 2.45. The summed E-state index contributed by atoms with van der Waals surface area (Å²) in [6.45, 7) is 5.53. The van der Waals surface area contributed by atoms with E-state index in [4.69, 9.17) is 0 Å². The molecule has 3 aliphatic rings. The van der Waals surface area contributed by atoms with Crippen molar-refractivity contribution in [2.45, 2.75) is 44.8 Å². The van der Waals surface area contributed by atoms with Gasteiger partial charge >= 0.3 is 0 Å². The summed E-state index contributed by atoms with van der Waals surface area (Å²) in [5.74, 6) is 1.53. The summed E-state index contributed by atoms with van der Waals surface area (Å²) in [4.78, 5) is 21.7. The highest BCUT2D eigenvalue weighted by Crippen LogP contribution is 2.39. The maximum atomic E-state index is 13.1. The lowest BCUT2D eigenvalue weighted by Gasteiger charge is -2.40. The number of likely N-dealkylation sites (tertiary alicyclic amines) is 2. The van der Waals surface area contributed by atoms with Crippen molar-refractivity contribution < 1.29 is 9.90 Å². The Morgan fingerprint density at radius 3 is 2.67 bits per heavy atom. The summed E-state index contributed by atoms with van der Waals surface area (Å²) in [5, 5.41) is 18.8. The van der Waals surface area contributed by atoms with Gasteiger partial charge in [-0.05, 0) is 63.6 Å². The largest absolute Gasteiger partial charge is 0.391 e. The Morgan fingerprint density at radius 2 is 1.89 bits per heavy atom. The Balaban J connectivity index is 1.33. The van der Waals surface area contributed by atoms with Crippen LogP contribution in [-0.4, -0.2) is 78.7 Å². The topological polar surface area (TPSA) is 86.9 Å². The number of fused-ring (bicyclic) bond motifs is 2. The summed E-state index contributed by atoms with van der Waals surface area (Å²) < 4.78 is 1.67. The van der Waals surface area contributed by atoms with Crippen LogP contribution in [0.25, 0.3) is 5.78 Å². The van der Waals surface area contributed by atoms with Crippen molar-refractivity contribution in [1.82, 2.24) is 29.4 Å². The van der Waals surface area contributed by atoms with Gasteiger partial charge in [-0.25, -0.2) is 4.98 Å². The van der Waals surface area contributed by atoms with Gasteiger partial charge in [-0.3, -0.25) is 14.1 Å². The van der Waals surface area contributed by atoms with Crippen molar-refractivity contribution in [2.24, 2.45) is 11.8 Å². The van der Waals surface area contributed by atoms with E-state index in [0.29, 0.717) is 30.0 Å². The van der Waals surface area contributed by atoms with E-state index < -0.39 is 0 Å². The zero-order chi connectivity index (χ0) is 18.5. The van der Waals surface area contributed by atoms with Gasteiger partial charge in [0.25, 0.3) is 11.7 Å². The first-order chi connectivity index (χ1) is 13.1. The Morgan fingerprint density at radius 1 is 1.15 bits per heavy atom. The molecule has 27 heavy (non-hydrogen) atoms. The summed E-state index contributed by atoms with van der Waals surface area (Å²) in [5.41, 5.74) is 0.850. The normalized spacial score (nSPS) is 31.6. The van der Waals surface area contributed by atoms with Gasteiger partial charge in [-0.2, -0.15) is 0 Å². The van der Waals surface area contributed by atoms with Crippen LogP contribution in [0.1, 0.15) is 42.0 Å². The molecule has 1 aliphatic carbocycles. The van der Waals surface area contributed by atoms with Crippen molar-refractivity contribution in [3.05, 3.63) is 23.8 Å². The minimum Gasteiger partial charge on any atom is -0.391 e. The smallest absolute Gasteiger partial charge is 0.292 e. The summed E-state index contributed by atoms with van der Waals surface area (Å²) in [6.07, 6.45) is 5.76. The van der Waals surface area contributed by atoms with Crippen LogP contribution in [0.5, 0.6) is 0 Å². The molecule has 0 radical (unpaired) electrons. The lowest BCUT2D eigenvalue weighted by Crippen LogP contribution is -2.48. The van der Waals surface area contributed by atoms with Crippen LogP contribution in [0.15, 0.2) is 12.3 Å². The van der Waals surface area contributed by atoms with Gasteiger partial charge in [0.2, 0.25) is 5.82 Å². The number of carbonyl (C=O) groups is 1. The Labute approximate surface area is 158 Å². The van der Waals surface area contributed by atoms with Crippen LogP contribution >= 0.6 is 0 Å². The maximum absolute atomic E-state index is 13.1. The predicted molar refractivity (Wildman–Crippen MR) is 98.2 cm³/mol. The molecule has 8 nitrogen and oxygen atoms in total. The van der Waals surface area contributed by atoms with E-state index in [0.717, 1.165) is 38.2 Å². The van der Waals surface area contributed by atoms with E-state index in [9.17, 15) is 9.90 Å². The average molecular weight is 370 g/mol. The van der Waals surface area contributed by atoms with Crippen LogP contribution in [0, 0.1) is 18.8 Å². The molecule has 3 fully saturated rings. The first kappa shape index (κ1) is 17.1. The van der Waals surface area contributed by atoms with Crippen LogP contribution < -0.4 is 0 Å². The summed E-state index contributed by atoms with van der Waals surface area (Å²) >= 11 is 0. The number of aliphatic hydroxyl groups excluding tert-OH is 1. The van der Waals surface area contributed by atoms with Gasteiger partial charge in [0.15, 0.2) is 0 Å². The Bertz CT molecular complexity index is 861. The number of aromatic nitrogens is 4. The third-order valence-electron chi connectivity index (χ3n) is 6.62. The average Bonchev–Trinajstić information content (AvgIpc) is 3.38. The Hall–Kier alpha value is -2.06. The van der Waals surface area contributed by atoms with Crippen molar-refractivity contribution in [1.29, 1.82) is 0 Å². The number of amides is 1. The van der Waals surface area contributed by atoms with E-state index in [2.05, 4.69) is 20.1 Å². The molecule has 8 heteroatoms. The van der Waals surface area contributed by atoms with Crippen molar-refractivity contribution in [3.63, 3.8) is 0 Å². The molecule has 0 aromatic carbocycles. The second-order valence-electron chi connectivity index (χ2n) is 8.34. The fourth-order valence-corrected chi connectivity index (χ4v) is 5.20. The lowest BCUT2D eigenvalue weighted by atomic mass is 9.77. The molecule has 5 rings (SSSR count). The molecule has 2 aromatic rings. The standard InChI is InChI=1S/C19H26N6O2/c1-12-4-7-25-17(21-22-19(25)20-12)18(27)24-10-13-8-15(23-5-2-3-6-23)16(26)9-14(13)11-24/h4,7,13-16,26H,2-3,5-6,8-11H2,1H3/t13-,14+,15-,16-/m1/s1. The molecule has 4 atom stereocenters. The molecule has 144 valence electrons. The van der Waals surface area contributed by atoms with Gasteiger partial charge in [-0.1, -0.05) is 0 Å². The third-order valence-corrected chi connectivity index (χ3v) is 6.62. The first-order valence-corrected chi connectivity index (χ1v) is 10.00. The van der Waals surface area contributed by atoms with E-state index in [1.807, 2.05) is 17.9 Å². The molecule has 4 heterocycles. The third kappa shape index (κ3) is 2.91. The molecule has 2 aromatic heterocycles. The molecular formula is C19H26N6O2. The van der Waals surface area contributed by atoms with Gasteiger partial charge in [-0.15, -0.1) is 10.2 Å². The van der Waals surface area contributed by atoms with E-state index >= 15 is 0 Å². The van der Waals surface area contributed by atoms with Crippen LogP contribution in [-0.2, 0) is 0 Å². The number of hydrogen-bond donors (Lipinski definition) is 1. The molecule has 1 N–H and O–H groups in total. The van der Waals surface area contributed by atoms with Crippen LogP contribution in [0.2, 0.25) is 0 Å². The molecule has 1 saturated carbocycles. The van der Waals surface area contributed by atoms with Crippen LogP contribution in [0.4, 0.5) is 0 Å². The van der Waals surface area contributed by atoms with Crippen molar-refractivity contribution >= 4 is 11.7 Å². The van der Waals surface area contributed by atoms with Crippen LogP contribution in [0.3, 0.4) is 0 Å². The number of aliphatic hydroxyl groups is 1. The number of carbonyl (C=O) groups excluding carboxylic acids is 1. The highest BCUT2D eigenvalue weighted by atomic mass is 16.3. The monoisotopic (exact) mass is 370 g/mol. The fraction of sp³-hybridized carbons (Fsp3) is 0.684. The fourth-order valence-electron chi connectivity index (χ4n) is 5.20.